The number of Topliss-reactive ketones (excluding diaryl/α,β-unsaturated/α-hetero) is 1. The highest BCUT2D eigenvalue weighted by molar-refractivity contribution is 5.96. The molecule has 2 nitrogen and oxygen atoms in total. The standard InChI is InChI=1S/C9H8FNO/c10-8-4-3-7(2-1-5-11)6-9(8)12/h3-4H,1-2,6H2. The second-order valence-corrected chi connectivity index (χ2v) is 2.60. The van der Waals surface area contributed by atoms with Gasteiger partial charge >= 0.3 is 0 Å². The fourth-order valence-electron chi connectivity index (χ4n) is 1.02. The first-order valence-corrected chi connectivity index (χ1v) is 3.69. The Bertz CT molecular complexity index is 296. The monoisotopic (exact) mass is 165 g/mol. The van der Waals surface area contributed by atoms with Crippen LogP contribution in [0.1, 0.15) is 19.3 Å². The van der Waals surface area contributed by atoms with Crippen LogP contribution in [-0.2, 0) is 4.79 Å². The summed E-state index contributed by atoms with van der Waals surface area (Å²) in [5.41, 5.74) is 0.836. The number of rotatable bonds is 2. The van der Waals surface area contributed by atoms with Crippen molar-refractivity contribution < 1.29 is 9.18 Å². The van der Waals surface area contributed by atoms with Gasteiger partial charge in [0.1, 0.15) is 0 Å². The van der Waals surface area contributed by atoms with Gasteiger partial charge in [0.25, 0.3) is 0 Å². The van der Waals surface area contributed by atoms with Crippen LogP contribution in [0.3, 0.4) is 0 Å². The van der Waals surface area contributed by atoms with Gasteiger partial charge in [0, 0.05) is 12.8 Å². The van der Waals surface area contributed by atoms with Gasteiger partial charge in [0.05, 0.1) is 6.07 Å². The third kappa shape index (κ3) is 2.03. The Hall–Kier alpha value is -1.43. The lowest BCUT2D eigenvalue weighted by molar-refractivity contribution is -0.116. The van der Waals surface area contributed by atoms with Crippen molar-refractivity contribution in [2.45, 2.75) is 19.3 Å². The summed E-state index contributed by atoms with van der Waals surface area (Å²) in [7, 11) is 0. The molecule has 12 heavy (non-hydrogen) atoms. The van der Waals surface area contributed by atoms with Crippen LogP contribution in [0, 0.1) is 11.3 Å². The largest absolute Gasteiger partial charge is 0.291 e. The highest BCUT2D eigenvalue weighted by Crippen LogP contribution is 2.19. The molecular formula is C9H8FNO. The van der Waals surface area contributed by atoms with Crippen LogP contribution in [0.25, 0.3) is 0 Å². The van der Waals surface area contributed by atoms with Crippen molar-refractivity contribution in [3.63, 3.8) is 0 Å². The van der Waals surface area contributed by atoms with E-state index in [1.54, 1.807) is 6.08 Å². The van der Waals surface area contributed by atoms with Crippen molar-refractivity contribution in [1.82, 2.24) is 0 Å². The van der Waals surface area contributed by atoms with E-state index in [2.05, 4.69) is 0 Å². The SMILES string of the molecule is N#CCCC1=CC=C(F)C(=O)C1. The maximum Gasteiger partial charge on any atom is 0.195 e. The number of ketones is 1. The van der Waals surface area contributed by atoms with Gasteiger partial charge in [-0.05, 0) is 12.5 Å². The molecular weight excluding hydrogens is 157 g/mol. The molecule has 1 rings (SSSR count). The average Bonchev–Trinajstić information content (AvgIpc) is 2.07. The first-order chi connectivity index (χ1) is 5.74. The van der Waals surface area contributed by atoms with Crippen molar-refractivity contribution in [2.24, 2.45) is 0 Å². The summed E-state index contributed by atoms with van der Waals surface area (Å²) in [6.07, 6.45) is 3.82. The molecule has 3 heteroatoms. The molecule has 0 unspecified atom stereocenters. The van der Waals surface area contributed by atoms with Gasteiger partial charge in [-0.1, -0.05) is 11.6 Å². The van der Waals surface area contributed by atoms with Gasteiger partial charge in [-0.2, -0.15) is 5.26 Å². The zero-order valence-corrected chi connectivity index (χ0v) is 6.51. The van der Waals surface area contributed by atoms with Crippen molar-refractivity contribution in [3.05, 3.63) is 23.6 Å². The van der Waals surface area contributed by atoms with Gasteiger partial charge in [-0.25, -0.2) is 4.39 Å². The van der Waals surface area contributed by atoms with Crippen LogP contribution in [0.4, 0.5) is 4.39 Å². The lowest BCUT2D eigenvalue weighted by Crippen LogP contribution is -2.04. The van der Waals surface area contributed by atoms with E-state index in [1.165, 1.54) is 6.08 Å². The molecule has 0 heterocycles. The Balaban J connectivity index is 2.59. The molecule has 1 aliphatic carbocycles. The van der Waals surface area contributed by atoms with E-state index in [1.807, 2.05) is 6.07 Å². The van der Waals surface area contributed by atoms with E-state index >= 15 is 0 Å². The van der Waals surface area contributed by atoms with Crippen LogP contribution in [-0.4, -0.2) is 5.78 Å². The second kappa shape index (κ2) is 3.82. The Morgan fingerprint density at radius 3 is 2.92 bits per heavy atom. The maximum atomic E-state index is 12.5. The lowest BCUT2D eigenvalue weighted by Gasteiger charge is -2.06. The molecule has 0 aromatic rings. The Morgan fingerprint density at radius 1 is 1.58 bits per heavy atom. The third-order valence-electron chi connectivity index (χ3n) is 1.68. The van der Waals surface area contributed by atoms with Gasteiger partial charge < -0.3 is 0 Å². The Kier molecular flexibility index (Phi) is 2.76. The molecule has 0 aromatic carbocycles. The fraction of sp³-hybridized carbons (Fsp3) is 0.333. The normalized spacial score (nSPS) is 16.5. The van der Waals surface area contributed by atoms with E-state index in [-0.39, 0.29) is 6.42 Å². The van der Waals surface area contributed by atoms with Crippen molar-refractivity contribution >= 4 is 5.78 Å². The van der Waals surface area contributed by atoms with Crippen molar-refractivity contribution in [1.29, 1.82) is 5.26 Å². The van der Waals surface area contributed by atoms with E-state index in [9.17, 15) is 9.18 Å². The van der Waals surface area contributed by atoms with Crippen molar-refractivity contribution in [3.8, 4) is 6.07 Å². The predicted octanol–water partition coefficient (Wildman–Crippen LogP) is 2.04. The number of hydrogen-bond acceptors (Lipinski definition) is 2. The number of nitriles is 1. The van der Waals surface area contributed by atoms with Gasteiger partial charge in [-0.15, -0.1) is 0 Å². The molecule has 0 saturated heterocycles. The molecule has 0 aromatic heterocycles. The number of halogens is 1. The van der Waals surface area contributed by atoms with Crippen LogP contribution in [0.15, 0.2) is 23.6 Å². The Labute approximate surface area is 70.0 Å². The molecule has 1 aliphatic rings. The number of nitrogens with zero attached hydrogens (tertiary/aromatic N) is 1. The lowest BCUT2D eigenvalue weighted by atomic mass is 9.99. The van der Waals surface area contributed by atoms with Crippen LogP contribution in [0.2, 0.25) is 0 Å². The highest BCUT2D eigenvalue weighted by Gasteiger charge is 2.14. The van der Waals surface area contributed by atoms with Crippen LogP contribution >= 0.6 is 0 Å². The zero-order chi connectivity index (χ0) is 8.97. The van der Waals surface area contributed by atoms with Crippen LogP contribution in [0.5, 0.6) is 0 Å². The molecule has 0 radical (unpaired) electrons. The molecule has 62 valence electrons. The number of hydrogen-bond donors (Lipinski definition) is 0. The smallest absolute Gasteiger partial charge is 0.195 e. The summed E-state index contributed by atoms with van der Waals surface area (Å²) in [4.78, 5) is 10.8. The minimum absolute atomic E-state index is 0.129. The van der Waals surface area contributed by atoms with Gasteiger partial charge in [0.15, 0.2) is 11.6 Å². The van der Waals surface area contributed by atoms with E-state index in [0.717, 1.165) is 5.57 Å². The summed E-state index contributed by atoms with van der Waals surface area (Å²) < 4.78 is 12.5. The maximum absolute atomic E-state index is 12.5. The second-order valence-electron chi connectivity index (χ2n) is 2.60. The topological polar surface area (TPSA) is 40.9 Å². The molecule has 0 saturated carbocycles. The molecule has 0 atom stereocenters. The molecule has 0 fully saturated rings. The molecule has 0 amide bonds. The average molecular weight is 165 g/mol. The van der Waals surface area contributed by atoms with Crippen molar-refractivity contribution in [2.75, 3.05) is 0 Å². The number of carbonyl (C=O) groups excluding carboxylic acids is 1. The highest BCUT2D eigenvalue weighted by atomic mass is 19.1. The summed E-state index contributed by atoms with van der Waals surface area (Å²) >= 11 is 0. The summed E-state index contributed by atoms with van der Waals surface area (Å²) in [5.74, 6) is -1.17. The first kappa shape index (κ1) is 8.66. The molecule has 0 spiro atoms. The van der Waals surface area contributed by atoms with E-state index < -0.39 is 11.6 Å². The number of allylic oxidation sites excluding steroid dienone is 4. The van der Waals surface area contributed by atoms with E-state index in [0.29, 0.717) is 12.8 Å². The van der Waals surface area contributed by atoms with Gasteiger partial charge in [0.2, 0.25) is 0 Å². The molecule has 0 N–H and O–H groups in total. The summed E-state index contributed by atoms with van der Waals surface area (Å²) in [6.45, 7) is 0. The fourth-order valence-corrected chi connectivity index (χ4v) is 1.02. The molecule has 0 aliphatic heterocycles. The minimum atomic E-state index is -0.685. The predicted molar refractivity (Wildman–Crippen MR) is 41.7 cm³/mol. The molecule has 0 bridgehead atoms. The quantitative estimate of drug-likeness (QED) is 0.628. The summed E-state index contributed by atoms with van der Waals surface area (Å²) in [5, 5.41) is 8.26. The summed E-state index contributed by atoms with van der Waals surface area (Å²) in [6, 6.07) is 1.97. The third-order valence-corrected chi connectivity index (χ3v) is 1.68. The van der Waals surface area contributed by atoms with Gasteiger partial charge in [-0.3, -0.25) is 4.79 Å². The zero-order valence-electron chi connectivity index (χ0n) is 6.51. The van der Waals surface area contributed by atoms with Crippen LogP contribution < -0.4 is 0 Å². The first-order valence-electron chi connectivity index (χ1n) is 3.69. The Morgan fingerprint density at radius 2 is 2.33 bits per heavy atom. The minimum Gasteiger partial charge on any atom is -0.291 e. The van der Waals surface area contributed by atoms with E-state index in [4.69, 9.17) is 5.26 Å². The number of carbonyl (C=O) groups is 1.